The first kappa shape index (κ1) is 33.3. The molecule has 0 unspecified atom stereocenters. The molecule has 0 amide bonds. The Hall–Kier alpha value is -7.07. The monoisotopic (exact) mass is 746 g/mol. The highest BCUT2D eigenvalue weighted by Crippen LogP contribution is 2.73. The molecular weight excluding hydrogens is 709 g/mol. The highest BCUT2D eigenvalue weighted by molar-refractivity contribution is 8.34. The fourth-order valence-corrected chi connectivity index (χ4v) is 12.9. The predicted octanol–water partition coefficient (Wildman–Crippen LogP) is 14.9. The minimum atomic E-state index is -1.84. The summed E-state index contributed by atoms with van der Waals surface area (Å²) in [6.07, 6.45) is 0. The van der Waals surface area contributed by atoms with E-state index in [0.717, 1.165) is 5.69 Å². The Morgan fingerprint density at radius 2 is 0.614 bits per heavy atom. The maximum absolute atomic E-state index is 2.46. The van der Waals surface area contributed by atoms with Crippen LogP contribution in [0.2, 0.25) is 0 Å². The van der Waals surface area contributed by atoms with Crippen molar-refractivity contribution in [3.8, 4) is 22.5 Å². The molecule has 270 valence electrons. The molecule has 2 heterocycles. The number of hydrogen-bond donors (Lipinski definition) is 0. The summed E-state index contributed by atoms with van der Waals surface area (Å²) in [5.41, 5.74) is 9.56. The van der Waals surface area contributed by atoms with Crippen LogP contribution in [-0.2, 0) is 0 Å². The summed E-state index contributed by atoms with van der Waals surface area (Å²) in [7, 11) is -1.84. The van der Waals surface area contributed by atoms with Crippen LogP contribution in [0.3, 0.4) is 0 Å². The lowest BCUT2D eigenvalue weighted by atomic mass is 10.0. The zero-order chi connectivity index (χ0) is 37.8. The third-order valence-corrected chi connectivity index (χ3v) is 15.3. The number of benzene rings is 9. The van der Waals surface area contributed by atoms with Crippen molar-refractivity contribution in [2.24, 2.45) is 0 Å². The van der Waals surface area contributed by atoms with Gasteiger partial charge in [-0.05, 0) is 114 Å². The van der Waals surface area contributed by atoms with Crippen LogP contribution in [-0.4, -0.2) is 9.13 Å². The molecule has 0 aliphatic rings. The maximum atomic E-state index is 2.46. The third kappa shape index (κ3) is 5.28. The van der Waals surface area contributed by atoms with Gasteiger partial charge in [0.1, 0.15) is 0 Å². The van der Waals surface area contributed by atoms with Crippen molar-refractivity contribution in [1.29, 1.82) is 0 Å². The first-order chi connectivity index (χ1) is 28.3. The van der Waals surface area contributed by atoms with Crippen molar-refractivity contribution in [1.82, 2.24) is 9.13 Å². The summed E-state index contributed by atoms with van der Waals surface area (Å²) in [5, 5.41) is 5.01. The van der Waals surface area contributed by atoms with Crippen molar-refractivity contribution in [2.45, 2.75) is 19.6 Å². The Labute approximate surface area is 333 Å². The number of nitrogens with zero attached hydrogens (tertiary/aromatic N) is 2. The van der Waals surface area contributed by atoms with Gasteiger partial charge >= 0.3 is 0 Å². The van der Waals surface area contributed by atoms with Gasteiger partial charge < -0.3 is 9.13 Å². The molecule has 0 aliphatic carbocycles. The van der Waals surface area contributed by atoms with E-state index in [1.165, 1.54) is 80.0 Å². The molecule has 11 rings (SSSR count). The largest absolute Gasteiger partial charge is 0.309 e. The molecule has 2 aromatic heterocycles. The van der Waals surface area contributed by atoms with Gasteiger partial charge in [0.05, 0.1) is 22.1 Å². The van der Waals surface area contributed by atoms with Crippen LogP contribution in [0.25, 0.3) is 66.1 Å². The Kier molecular flexibility index (Phi) is 7.94. The van der Waals surface area contributed by atoms with Crippen LogP contribution >= 0.6 is 10.0 Å². The summed E-state index contributed by atoms with van der Waals surface area (Å²) in [6.45, 7) is 0. The van der Waals surface area contributed by atoms with Crippen LogP contribution < -0.4 is 0 Å². The molecule has 11 aromatic rings. The second-order valence-electron chi connectivity index (χ2n) is 14.6. The summed E-state index contributed by atoms with van der Waals surface area (Å²) in [6, 6.07) is 84.8. The molecule has 0 atom stereocenters. The van der Waals surface area contributed by atoms with Crippen LogP contribution in [0.15, 0.2) is 250 Å². The van der Waals surface area contributed by atoms with Crippen molar-refractivity contribution in [2.75, 3.05) is 0 Å². The van der Waals surface area contributed by atoms with Crippen LogP contribution in [0.4, 0.5) is 0 Å². The van der Waals surface area contributed by atoms with E-state index in [0.29, 0.717) is 0 Å². The summed E-state index contributed by atoms with van der Waals surface area (Å²) < 4.78 is 4.84. The van der Waals surface area contributed by atoms with Gasteiger partial charge in [-0.2, -0.15) is 0 Å². The average molecular weight is 747 g/mol. The van der Waals surface area contributed by atoms with Crippen molar-refractivity contribution in [3.05, 3.63) is 231 Å². The SMILES string of the molecule is c1ccc(-n2c3ccccc3c3cc(-c4ccc5c(c4)c4ccccc4n5-c4cccc(S(c5ccccc5)(c5ccccc5)c5ccccc5)c4)ccc32)cc1. The van der Waals surface area contributed by atoms with E-state index >= 15 is 0 Å². The van der Waals surface area contributed by atoms with Gasteiger partial charge in [-0.25, -0.2) is 0 Å². The number of hydrogen-bond acceptors (Lipinski definition) is 0. The minimum absolute atomic E-state index is 1.15. The van der Waals surface area contributed by atoms with Gasteiger partial charge in [0.15, 0.2) is 0 Å². The van der Waals surface area contributed by atoms with Crippen molar-refractivity contribution in [3.63, 3.8) is 0 Å². The number of fused-ring (bicyclic) bond motifs is 6. The lowest BCUT2D eigenvalue weighted by molar-refractivity contribution is 1.15. The molecule has 9 aromatic carbocycles. The van der Waals surface area contributed by atoms with Gasteiger partial charge in [-0.1, -0.05) is 127 Å². The third-order valence-electron chi connectivity index (χ3n) is 11.4. The van der Waals surface area contributed by atoms with Crippen LogP contribution in [0.1, 0.15) is 0 Å². The van der Waals surface area contributed by atoms with E-state index in [1.54, 1.807) is 0 Å². The molecule has 0 bridgehead atoms. The van der Waals surface area contributed by atoms with E-state index in [1.807, 2.05) is 0 Å². The fraction of sp³-hybridized carbons (Fsp3) is 0. The first-order valence-electron chi connectivity index (χ1n) is 19.5. The number of rotatable bonds is 7. The van der Waals surface area contributed by atoms with Gasteiger partial charge in [-0.15, -0.1) is 10.0 Å². The number of aromatic nitrogens is 2. The molecular formula is C54H38N2S. The Morgan fingerprint density at radius 1 is 0.246 bits per heavy atom. The second-order valence-corrected chi connectivity index (χ2v) is 17.7. The highest BCUT2D eigenvalue weighted by atomic mass is 32.3. The van der Waals surface area contributed by atoms with Crippen LogP contribution in [0, 0.1) is 0 Å². The number of para-hydroxylation sites is 3. The first-order valence-corrected chi connectivity index (χ1v) is 21.1. The summed E-state index contributed by atoms with van der Waals surface area (Å²) in [5.74, 6) is 0. The van der Waals surface area contributed by atoms with E-state index in [-0.39, 0.29) is 0 Å². The average Bonchev–Trinajstić information content (AvgIpc) is 3.80. The zero-order valence-electron chi connectivity index (χ0n) is 31.2. The standard InChI is InChI=1S/C54H38N2S/c1-5-18-41(19-6-1)55-51-30-15-13-28-47(51)49-36-39(32-34-53(49)55)40-33-35-54-50(37-40)48-29-14-16-31-52(48)56(54)42-20-17-27-46(38-42)57(43-21-7-2-8-22-43,44-23-9-3-10-24-44)45-25-11-4-12-26-45/h1-38H. The zero-order valence-corrected chi connectivity index (χ0v) is 32.1. The minimum Gasteiger partial charge on any atom is -0.309 e. The molecule has 0 spiro atoms. The molecule has 0 saturated carbocycles. The second kappa shape index (κ2) is 13.6. The highest BCUT2D eigenvalue weighted by Gasteiger charge is 2.33. The molecule has 57 heavy (non-hydrogen) atoms. The van der Waals surface area contributed by atoms with Gasteiger partial charge in [0.25, 0.3) is 0 Å². The van der Waals surface area contributed by atoms with Crippen molar-refractivity contribution < 1.29 is 0 Å². The lowest BCUT2D eigenvalue weighted by Crippen LogP contribution is -2.06. The van der Waals surface area contributed by atoms with E-state index in [2.05, 4.69) is 240 Å². The Bertz CT molecular complexity index is 3120. The molecule has 2 nitrogen and oxygen atoms in total. The van der Waals surface area contributed by atoms with E-state index < -0.39 is 10.0 Å². The summed E-state index contributed by atoms with van der Waals surface area (Å²) >= 11 is 0. The van der Waals surface area contributed by atoms with E-state index in [4.69, 9.17) is 0 Å². The molecule has 3 heteroatoms. The quantitative estimate of drug-likeness (QED) is 0.154. The lowest BCUT2D eigenvalue weighted by Gasteiger charge is -2.42. The maximum Gasteiger partial charge on any atom is 0.0541 e. The molecule has 0 aliphatic heterocycles. The molecule has 0 saturated heterocycles. The molecule has 0 N–H and O–H groups in total. The van der Waals surface area contributed by atoms with Gasteiger partial charge in [0.2, 0.25) is 0 Å². The predicted molar refractivity (Wildman–Crippen MR) is 241 cm³/mol. The normalized spacial score (nSPS) is 12.1. The summed E-state index contributed by atoms with van der Waals surface area (Å²) in [4.78, 5) is 5.25. The Morgan fingerprint density at radius 3 is 1.11 bits per heavy atom. The van der Waals surface area contributed by atoms with Crippen molar-refractivity contribution >= 4 is 53.6 Å². The fourth-order valence-electron chi connectivity index (χ4n) is 8.94. The van der Waals surface area contributed by atoms with Gasteiger partial charge in [-0.3, -0.25) is 0 Å². The van der Waals surface area contributed by atoms with E-state index in [9.17, 15) is 0 Å². The van der Waals surface area contributed by atoms with Crippen LogP contribution in [0.5, 0.6) is 0 Å². The smallest absolute Gasteiger partial charge is 0.0541 e. The topological polar surface area (TPSA) is 9.86 Å². The molecule has 0 radical (unpaired) electrons. The van der Waals surface area contributed by atoms with Gasteiger partial charge in [0, 0.05) is 52.5 Å². The Balaban J connectivity index is 1.10. The molecule has 0 fully saturated rings.